The number of carbonyl (C=O) groups is 1. The molecule has 16 heavy (non-hydrogen) atoms. The minimum absolute atomic E-state index is 0.185. The Labute approximate surface area is 97.9 Å². The molecule has 96 valence electrons. The Kier molecular flexibility index (Phi) is 5.75. The topological polar surface area (TPSA) is 59.6 Å². The summed E-state index contributed by atoms with van der Waals surface area (Å²) in [5.41, 5.74) is -0.510. The van der Waals surface area contributed by atoms with E-state index in [9.17, 15) is 4.79 Å². The third-order valence-corrected chi connectivity index (χ3v) is 1.48. The maximum atomic E-state index is 11.2. The summed E-state index contributed by atoms with van der Waals surface area (Å²) in [4.78, 5) is 11.2. The molecule has 0 aromatic rings. The van der Waals surface area contributed by atoms with Gasteiger partial charge in [0, 0.05) is 0 Å². The summed E-state index contributed by atoms with van der Waals surface area (Å²) >= 11 is 0. The van der Waals surface area contributed by atoms with Crippen molar-refractivity contribution in [2.45, 2.75) is 52.7 Å². The molecule has 0 bridgehead atoms. The van der Waals surface area contributed by atoms with Gasteiger partial charge in [0.1, 0.15) is 13.5 Å². The molecule has 0 saturated carbocycles. The zero-order valence-electron chi connectivity index (χ0n) is 11.1. The van der Waals surface area contributed by atoms with Gasteiger partial charge in [-0.2, -0.15) is 0 Å². The monoisotopic (exact) mass is 232 g/mol. The van der Waals surface area contributed by atoms with Gasteiger partial charge in [0.15, 0.2) is 0 Å². The second kappa shape index (κ2) is 6.06. The summed E-state index contributed by atoms with van der Waals surface area (Å²) in [7, 11) is 0. The number of rotatable bonds is 4. The predicted octanol–water partition coefficient (Wildman–Crippen LogP) is 1.83. The van der Waals surface area contributed by atoms with E-state index < -0.39 is 0 Å². The summed E-state index contributed by atoms with van der Waals surface area (Å²) in [5.74, 6) is 0. The van der Waals surface area contributed by atoms with Crippen molar-refractivity contribution >= 4 is 6.03 Å². The first-order chi connectivity index (χ1) is 7.10. The lowest BCUT2D eigenvalue weighted by Gasteiger charge is -2.21. The summed E-state index contributed by atoms with van der Waals surface area (Å²) < 4.78 is 10.7. The standard InChI is InChI=1S/C11H24N2O3/c1-10(2,3)15-7-12-9(14)13-8-16-11(4,5)6/h7-8H2,1-6H3,(H2,12,13,14). The summed E-state index contributed by atoms with van der Waals surface area (Å²) in [6.07, 6.45) is 0. The molecule has 0 aromatic carbocycles. The molecule has 5 nitrogen and oxygen atoms in total. The highest BCUT2D eigenvalue weighted by molar-refractivity contribution is 5.73. The Morgan fingerprint density at radius 3 is 1.44 bits per heavy atom. The van der Waals surface area contributed by atoms with Gasteiger partial charge < -0.3 is 20.1 Å². The van der Waals surface area contributed by atoms with Gasteiger partial charge in [-0.1, -0.05) is 0 Å². The van der Waals surface area contributed by atoms with E-state index in [0.717, 1.165) is 0 Å². The number of ether oxygens (including phenoxy) is 2. The number of hydrogen-bond acceptors (Lipinski definition) is 3. The first kappa shape index (κ1) is 15.2. The summed E-state index contributed by atoms with van der Waals surface area (Å²) in [6.45, 7) is 11.9. The van der Waals surface area contributed by atoms with Crippen LogP contribution in [0.4, 0.5) is 4.79 Å². The highest BCUT2D eigenvalue weighted by atomic mass is 16.5. The highest BCUT2D eigenvalue weighted by Crippen LogP contribution is 2.05. The Hall–Kier alpha value is -0.810. The van der Waals surface area contributed by atoms with Crippen LogP contribution in [-0.2, 0) is 9.47 Å². The van der Waals surface area contributed by atoms with Gasteiger partial charge in [-0.25, -0.2) is 4.79 Å². The Balaban J connectivity index is 3.53. The number of hydrogen-bond donors (Lipinski definition) is 2. The summed E-state index contributed by atoms with van der Waals surface area (Å²) in [6, 6.07) is -0.298. The lowest BCUT2D eigenvalue weighted by atomic mass is 10.2. The maximum Gasteiger partial charge on any atom is 0.318 e. The molecular weight excluding hydrogens is 208 g/mol. The van der Waals surface area contributed by atoms with Crippen molar-refractivity contribution in [2.75, 3.05) is 13.5 Å². The van der Waals surface area contributed by atoms with Crippen LogP contribution in [0, 0.1) is 0 Å². The van der Waals surface area contributed by atoms with E-state index in [-0.39, 0.29) is 30.7 Å². The van der Waals surface area contributed by atoms with Crippen molar-refractivity contribution in [2.24, 2.45) is 0 Å². The lowest BCUT2D eigenvalue weighted by Crippen LogP contribution is -2.41. The average molecular weight is 232 g/mol. The van der Waals surface area contributed by atoms with Gasteiger partial charge in [-0.3, -0.25) is 0 Å². The van der Waals surface area contributed by atoms with Crippen LogP contribution in [0.15, 0.2) is 0 Å². The van der Waals surface area contributed by atoms with E-state index in [1.807, 2.05) is 41.5 Å². The predicted molar refractivity (Wildman–Crippen MR) is 63.1 cm³/mol. The van der Waals surface area contributed by atoms with Gasteiger partial charge in [-0.05, 0) is 41.5 Å². The van der Waals surface area contributed by atoms with Crippen LogP contribution < -0.4 is 10.6 Å². The molecule has 5 heteroatoms. The van der Waals surface area contributed by atoms with Crippen LogP contribution in [0.5, 0.6) is 0 Å². The second-order valence-corrected chi connectivity index (χ2v) is 5.48. The molecule has 0 heterocycles. The molecule has 2 amide bonds. The van der Waals surface area contributed by atoms with E-state index >= 15 is 0 Å². The second-order valence-electron chi connectivity index (χ2n) is 5.48. The van der Waals surface area contributed by atoms with E-state index in [4.69, 9.17) is 9.47 Å². The third kappa shape index (κ3) is 11.3. The minimum atomic E-state index is -0.298. The van der Waals surface area contributed by atoms with Crippen LogP contribution in [0.3, 0.4) is 0 Å². The first-order valence-corrected chi connectivity index (χ1v) is 5.40. The fourth-order valence-electron chi connectivity index (χ4n) is 0.699. The van der Waals surface area contributed by atoms with E-state index in [0.29, 0.717) is 0 Å². The SMILES string of the molecule is CC(C)(C)OCNC(=O)NCOC(C)(C)C. The van der Waals surface area contributed by atoms with Crippen LogP contribution in [-0.4, -0.2) is 30.7 Å². The molecule has 0 aliphatic heterocycles. The number of amides is 2. The third-order valence-electron chi connectivity index (χ3n) is 1.48. The number of carbonyl (C=O) groups excluding carboxylic acids is 1. The van der Waals surface area contributed by atoms with Gasteiger partial charge in [0.25, 0.3) is 0 Å². The number of nitrogens with one attached hydrogen (secondary N) is 2. The molecule has 2 N–H and O–H groups in total. The molecule has 0 rings (SSSR count). The average Bonchev–Trinajstić information content (AvgIpc) is 1.98. The van der Waals surface area contributed by atoms with Crippen molar-refractivity contribution in [1.82, 2.24) is 10.6 Å². The molecule has 0 fully saturated rings. The normalized spacial score (nSPS) is 12.4. The van der Waals surface area contributed by atoms with E-state index in [1.165, 1.54) is 0 Å². The zero-order valence-corrected chi connectivity index (χ0v) is 11.1. The Morgan fingerprint density at radius 1 is 0.875 bits per heavy atom. The van der Waals surface area contributed by atoms with Gasteiger partial charge in [0.05, 0.1) is 11.2 Å². The van der Waals surface area contributed by atoms with Gasteiger partial charge in [0.2, 0.25) is 0 Å². The molecule has 0 saturated heterocycles. The largest absolute Gasteiger partial charge is 0.356 e. The molecular formula is C11H24N2O3. The van der Waals surface area contributed by atoms with Crippen LogP contribution >= 0.6 is 0 Å². The van der Waals surface area contributed by atoms with Crippen molar-refractivity contribution in [3.05, 3.63) is 0 Å². The molecule has 0 aliphatic rings. The van der Waals surface area contributed by atoms with Gasteiger partial charge >= 0.3 is 6.03 Å². The summed E-state index contributed by atoms with van der Waals surface area (Å²) in [5, 5.41) is 5.15. The van der Waals surface area contributed by atoms with E-state index in [1.54, 1.807) is 0 Å². The number of urea groups is 1. The minimum Gasteiger partial charge on any atom is -0.356 e. The van der Waals surface area contributed by atoms with Crippen molar-refractivity contribution in [3.63, 3.8) is 0 Å². The molecule has 0 aromatic heterocycles. The van der Waals surface area contributed by atoms with Crippen molar-refractivity contribution in [1.29, 1.82) is 0 Å². The fourth-order valence-corrected chi connectivity index (χ4v) is 0.699. The quantitative estimate of drug-likeness (QED) is 0.727. The van der Waals surface area contributed by atoms with Crippen molar-refractivity contribution in [3.8, 4) is 0 Å². The lowest BCUT2D eigenvalue weighted by molar-refractivity contribution is -0.0158. The molecule has 0 radical (unpaired) electrons. The molecule has 0 atom stereocenters. The zero-order chi connectivity index (χ0) is 12.8. The smallest absolute Gasteiger partial charge is 0.318 e. The molecule has 0 unspecified atom stereocenters. The molecule has 0 spiro atoms. The first-order valence-electron chi connectivity index (χ1n) is 5.40. The van der Waals surface area contributed by atoms with Crippen LogP contribution in [0.1, 0.15) is 41.5 Å². The molecule has 0 aliphatic carbocycles. The van der Waals surface area contributed by atoms with Crippen molar-refractivity contribution < 1.29 is 14.3 Å². The Morgan fingerprint density at radius 2 is 1.19 bits per heavy atom. The highest BCUT2D eigenvalue weighted by Gasteiger charge is 2.12. The van der Waals surface area contributed by atoms with E-state index in [2.05, 4.69) is 10.6 Å². The van der Waals surface area contributed by atoms with Crippen LogP contribution in [0.25, 0.3) is 0 Å². The maximum absolute atomic E-state index is 11.2. The Bertz CT molecular complexity index is 194. The van der Waals surface area contributed by atoms with Gasteiger partial charge in [-0.15, -0.1) is 0 Å². The van der Waals surface area contributed by atoms with Crippen LogP contribution in [0.2, 0.25) is 0 Å². The fraction of sp³-hybridized carbons (Fsp3) is 0.909.